The normalized spacial score (nSPS) is 12.8. The van der Waals surface area contributed by atoms with Gasteiger partial charge in [0, 0.05) is 5.69 Å². The van der Waals surface area contributed by atoms with Crippen LogP contribution < -0.4 is 10.1 Å². The summed E-state index contributed by atoms with van der Waals surface area (Å²) in [6.45, 7) is 2.05. The summed E-state index contributed by atoms with van der Waals surface area (Å²) >= 11 is 0. The number of rotatable bonds is 6. The average molecular weight is 353 g/mol. The fourth-order valence-corrected chi connectivity index (χ4v) is 3.13. The van der Waals surface area contributed by atoms with E-state index in [9.17, 15) is 9.59 Å². The van der Waals surface area contributed by atoms with Crippen molar-refractivity contribution < 1.29 is 19.1 Å². The van der Waals surface area contributed by atoms with Crippen LogP contribution in [0.2, 0.25) is 0 Å². The Morgan fingerprint density at radius 2 is 1.81 bits per heavy atom. The maximum Gasteiger partial charge on any atom is 0.338 e. The van der Waals surface area contributed by atoms with E-state index in [2.05, 4.69) is 11.4 Å². The number of aryl methyl sites for hydroxylation is 1. The molecule has 1 aliphatic carbocycles. The van der Waals surface area contributed by atoms with Crippen LogP contribution in [0.5, 0.6) is 5.75 Å². The van der Waals surface area contributed by atoms with Crippen LogP contribution in [0.25, 0.3) is 0 Å². The molecular weight excluding hydrogens is 330 g/mol. The van der Waals surface area contributed by atoms with Gasteiger partial charge in [-0.15, -0.1) is 0 Å². The van der Waals surface area contributed by atoms with Gasteiger partial charge in [0.05, 0.1) is 12.2 Å². The lowest BCUT2D eigenvalue weighted by Crippen LogP contribution is -2.21. The number of fused-ring (bicyclic) bond motifs is 1. The van der Waals surface area contributed by atoms with Crippen LogP contribution in [0.1, 0.15) is 41.3 Å². The maximum absolute atomic E-state index is 12.1. The Bertz CT molecular complexity index is 783. The second kappa shape index (κ2) is 8.52. The molecule has 5 heteroatoms. The first-order valence-electron chi connectivity index (χ1n) is 8.98. The molecule has 0 bridgehead atoms. The molecule has 2 aromatic carbocycles. The third-order valence-electron chi connectivity index (χ3n) is 4.39. The lowest BCUT2D eigenvalue weighted by Gasteiger charge is -2.19. The van der Waals surface area contributed by atoms with Crippen LogP contribution in [-0.4, -0.2) is 25.1 Å². The minimum Gasteiger partial charge on any atom is -0.483 e. The molecule has 1 N–H and O–H groups in total. The van der Waals surface area contributed by atoms with Gasteiger partial charge in [-0.2, -0.15) is 0 Å². The maximum atomic E-state index is 12.1. The zero-order valence-electron chi connectivity index (χ0n) is 14.9. The molecule has 0 aromatic heterocycles. The Morgan fingerprint density at radius 3 is 2.58 bits per heavy atom. The second-order valence-corrected chi connectivity index (χ2v) is 6.24. The number of amides is 1. The zero-order valence-corrected chi connectivity index (χ0v) is 14.9. The molecule has 1 aliphatic rings. The van der Waals surface area contributed by atoms with Crippen molar-refractivity contribution in [1.82, 2.24) is 0 Å². The Balaban J connectivity index is 1.55. The molecule has 0 heterocycles. The number of anilines is 1. The Kier molecular flexibility index (Phi) is 5.89. The molecule has 0 unspecified atom stereocenters. The highest BCUT2D eigenvalue weighted by Crippen LogP contribution is 2.29. The van der Waals surface area contributed by atoms with Gasteiger partial charge < -0.3 is 14.8 Å². The van der Waals surface area contributed by atoms with Crippen LogP contribution >= 0.6 is 0 Å². The first-order chi connectivity index (χ1) is 12.7. The van der Waals surface area contributed by atoms with E-state index in [0.29, 0.717) is 17.9 Å². The lowest BCUT2D eigenvalue weighted by molar-refractivity contribution is -0.118. The fraction of sp³-hybridized carbons (Fsp3) is 0.333. The topological polar surface area (TPSA) is 64.6 Å². The molecule has 0 fully saturated rings. The van der Waals surface area contributed by atoms with E-state index in [-0.39, 0.29) is 18.5 Å². The summed E-state index contributed by atoms with van der Waals surface area (Å²) in [6.07, 6.45) is 4.44. The summed E-state index contributed by atoms with van der Waals surface area (Å²) in [5, 5.41) is 2.77. The summed E-state index contributed by atoms with van der Waals surface area (Å²) in [5.41, 5.74) is 3.62. The Morgan fingerprint density at radius 1 is 1.04 bits per heavy atom. The number of hydrogen-bond donors (Lipinski definition) is 1. The molecule has 136 valence electrons. The van der Waals surface area contributed by atoms with Crippen molar-refractivity contribution in [3.8, 4) is 5.75 Å². The number of carbonyl (C=O) groups excluding carboxylic acids is 2. The molecule has 0 atom stereocenters. The van der Waals surface area contributed by atoms with Crippen LogP contribution in [0.4, 0.5) is 5.69 Å². The standard InChI is InChI=1S/C21H23NO4/c1-2-25-21(24)16-10-12-17(13-11-16)22-20(23)14-26-19-9-5-7-15-6-3-4-8-18(15)19/h5,7,9-13H,2-4,6,8,14H2,1H3,(H,22,23). The number of nitrogens with one attached hydrogen (secondary N) is 1. The molecule has 0 radical (unpaired) electrons. The van der Waals surface area contributed by atoms with Crippen molar-refractivity contribution in [2.75, 3.05) is 18.5 Å². The number of esters is 1. The monoisotopic (exact) mass is 353 g/mol. The van der Waals surface area contributed by atoms with Crippen LogP contribution in [0.15, 0.2) is 42.5 Å². The highest BCUT2D eigenvalue weighted by atomic mass is 16.5. The van der Waals surface area contributed by atoms with E-state index >= 15 is 0 Å². The lowest BCUT2D eigenvalue weighted by atomic mass is 9.91. The van der Waals surface area contributed by atoms with E-state index in [0.717, 1.165) is 25.0 Å². The summed E-state index contributed by atoms with van der Waals surface area (Å²) in [7, 11) is 0. The van der Waals surface area contributed by atoms with Crippen molar-refractivity contribution in [2.45, 2.75) is 32.6 Å². The summed E-state index contributed by atoms with van der Waals surface area (Å²) < 4.78 is 10.7. The summed E-state index contributed by atoms with van der Waals surface area (Å²) in [5.74, 6) is 0.194. The van der Waals surface area contributed by atoms with Crippen LogP contribution in [-0.2, 0) is 22.4 Å². The van der Waals surface area contributed by atoms with Crippen molar-refractivity contribution in [3.63, 3.8) is 0 Å². The van der Waals surface area contributed by atoms with Crippen molar-refractivity contribution in [1.29, 1.82) is 0 Å². The quantitative estimate of drug-likeness (QED) is 0.803. The molecule has 3 rings (SSSR count). The SMILES string of the molecule is CCOC(=O)c1ccc(NC(=O)COc2cccc3c2CCCC3)cc1. The van der Waals surface area contributed by atoms with Gasteiger partial charge in [-0.25, -0.2) is 4.79 Å². The first-order valence-corrected chi connectivity index (χ1v) is 8.98. The van der Waals surface area contributed by atoms with Gasteiger partial charge in [-0.3, -0.25) is 4.79 Å². The highest BCUT2D eigenvalue weighted by Gasteiger charge is 2.15. The highest BCUT2D eigenvalue weighted by molar-refractivity contribution is 5.93. The smallest absolute Gasteiger partial charge is 0.338 e. The van der Waals surface area contributed by atoms with E-state index in [1.54, 1.807) is 31.2 Å². The van der Waals surface area contributed by atoms with Gasteiger partial charge in [0.25, 0.3) is 5.91 Å². The van der Waals surface area contributed by atoms with Gasteiger partial charge >= 0.3 is 5.97 Å². The average Bonchev–Trinajstić information content (AvgIpc) is 2.67. The molecule has 5 nitrogen and oxygen atoms in total. The third kappa shape index (κ3) is 4.42. The van der Waals surface area contributed by atoms with Gasteiger partial charge in [0.1, 0.15) is 5.75 Å². The van der Waals surface area contributed by atoms with E-state index in [4.69, 9.17) is 9.47 Å². The van der Waals surface area contributed by atoms with Crippen molar-refractivity contribution in [3.05, 3.63) is 59.2 Å². The third-order valence-corrected chi connectivity index (χ3v) is 4.39. The van der Waals surface area contributed by atoms with Gasteiger partial charge in [-0.05, 0) is 74.1 Å². The second-order valence-electron chi connectivity index (χ2n) is 6.24. The number of ether oxygens (including phenoxy) is 2. The molecule has 0 saturated heterocycles. The first kappa shape index (κ1) is 18.0. The number of carbonyl (C=O) groups is 2. The van der Waals surface area contributed by atoms with Crippen molar-refractivity contribution in [2.24, 2.45) is 0 Å². The predicted octanol–water partition coefficient (Wildman–Crippen LogP) is 3.76. The Labute approximate surface area is 153 Å². The van der Waals surface area contributed by atoms with E-state index < -0.39 is 0 Å². The van der Waals surface area contributed by atoms with Gasteiger partial charge in [-0.1, -0.05) is 12.1 Å². The van der Waals surface area contributed by atoms with E-state index in [1.165, 1.54) is 17.5 Å². The zero-order chi connectivity index (χ0) is 18.4. The largest absolute Gasteiger partial charge is 0.483 e. The van der Waals surface area contributed by atoms with Gasteiger partial charge in [0.2, 0.25) is 0 Å². The number of hydrogen-bond acceptors (Lipinski definition) is 4. The van der Waals surface area contributed by atoms with Crippen LogP contribution in [0.3, 0.4) is 0 Å². The number of benzene rings is 2. The minimum absolute atomic E-state index is 0.0456. The van der Waals surface area contributed by atoms with Crippen molar-refractivity contribution >= 4 is 17.6 Å². The molecular formula is C21H23NO4. The Hall–Kier alpha value is -2.82. The molecule has 0 saturated carbocycles. The molecule has 26 heavy (non-hydrogen) atoms. The molecule has 1 amide bonds. The molecule has 0 spiro atoms. The van der Waals surface area contributed by atoms with E-state index in [1.807, 2.05) is 12.1 Å². The van der Waals surface area contributed by atoms with Gasteiger partial charge in [0.15, 0.2) is 6.61 Å². The molecule has 2 aromatic rings. The van der Waals surface area contributed by atoms with Crippen LogP contribution in [0, 0.1) is 0 Å². The molecule has 0 aliphatic heterocycles. The predicted molar refractivity (Wildman–Crippen MR) is 99.6 cm³/mol. The summed E-state index contributed by atoms with van der Waals surface area (Å²) in [4.78, 5) is 23.8. The fourth-order valence-electron chi connectivity index (χ4n) is 3.13. The minimum atomic E-state index is -0.373. The summed E-state index contributed by atoms with van der Waals surface area (Å²) in [6, 6.07) is 12.6.